The molecule has 0 aromatic heterocycles. The van der Waals surface area contributed by atoms with Crippen molar-refractivity contribution in [2.75, 3.05) is 19.8 Å². The van der Waals surface area contributed by atoms with Gasteiger partial charge in [0.2, 0.25) is 5.91 Å². The van der Waals surface area contributed by atoms with Gasteiger partial charge in [-0.3, -0.25) is 4.79 Å². The molecule has 91 heavy (non-hydrogen) atoms. The standard InChI is InChI=1S/C77H145NO13/c1-3-5-7-9-11-13-15-17-19-21-23-25-27-29-31-32-33-35-36-38-40-42-44-46-48-50-52-54-56-58-60-66(81)65(64-88-76-74(87)72(85)75(68(63-80)90-76)91-77-73(86)71(84)70(83)67(62-79)89-77)78-69(82)61-59-57-55-53-51-49-47-45-43-41-39-37-34-30-28-26-24-22-20-18-16-14-12-10-8-6-4-2/h16,18,22,24,58,60,65-68,70-77,79-81,83-87H,3-15,17,19-21,23,25-57,59,61-64H2,1-2H3,(H,78,82)/b18-16-,24-22-,60-58+. The Morgan fingerprint density at radius 3 is 1.10 bits per heavy atom. The molecular weight excluding hydrogens is 1150 g/mol. The molecule has 2 rings (SSSR count). The Morgan fingerprint density at radius 2 is 0.725 bits per heavy atom. The fourth-order valence-corrected chi connectivity index (χ4v) is 12.9. The first kappa shape index (κ1) is 85.3. The maximum atomic E-state index is 13.4. The summed E-state index contributed by atoms with van der Waals surface area (Å²) in [5, 5.41) is 87.6. The van der Waals surface area contributed by atoms with Crippen LogP contribution in [-0.2, 0) is 23.7 Å². The van der Waals surface area contributed by atoms with Crippen LogP contribution < -0.4 is 5.32 Å². The molecule has 0 aromatic rings. The van der Waals surface area contributed by atoms with Crippen LogP contribution in [-0.4, -0.2) is 140 Å². The molecule has 9 N–H and O–H groups in total. The van der Waals surface area contributed by atoms with E-state index in [4.69, 9.17) is 18.9 Å². The number of amides is 1. The van der Waals surface area contributed by atoms with Crippen LogP contribution in [0.2, 0.25) is 0 Å². The molecule has 0 bridgehead atoms. The summed E-state index contributed by atoms with van der Waals surface area (Å²) >= 11 is 0. The van der Waals surface area contributed by atoms with Crippen LogP contribution in [0.4, 0.5) is 0 Å². The number of hydrogen-bond acceptors (Lipinski definition) is 13. The highest BCUT2D eigenvalue weighted by Crippen LogP contribution is 2.30. The minimum Gasteiger partial charge on any atom is -0.394 e. The van der Waals surface area contributed by atoms with Gasteiger partial charge >= 0.3 is 0 Å². The normalized spacial score (nSPS) is 22.9. The number of hydrogen-bond donors (Lipinski definition) is 9. The van der Waals surface area contributed by atoms with Gasteiger partial charge in [-0.1, -0.05) is 333 Å². The van der Waals surface area contributed by atoms with Crippen LogP contribution in [0.25, 0.3) is 0 Å². The molecule has 12 unspecified atom stereocenters. The van der Waals surface area contributed by atoms with Crippen molar-refractivity contribution in [3.63, 3.8) is 0 Å². The third-order valence-electron chi connectivity index (χ3n) is 19.1. The average molecular weight is 1290 g/mol. The van der Waals surface area contributed by atoms with Gasteiger partial charge in [-0.05, 0) is 51.4 Å². The summed E-state index contributed by atoms with van der Waals surface area (Å²) in [6, 6.07) is -0.916. The van der Waals surface area contributed by atoms with Crippen molar-refractivity contribution in [3.05, 3.63) is 36.5 Å². The highest BCUT2D eigenvalue weighted by Gasteiger charge is 2.51. The molecule has 2 aliphatic heterocycles. The third-order valence-corrected chi connectivity index (χ3v) is 19.1. The minimum atomic E-state index is -1.79. The van der Waals surface area contributed by atoms with E-state index in [1.165, 1.54) is 283 Å². The van der Waals surface area contributed by atoms with Crippen molar-refractivity contribution in [1.82, 2.24) is 5.32 Å². The Bertz CT molecular complexity index is 1670. The van der Waals surface area contributed by atoms with E-state index in [1.54, 1.807) is 6.08 Å². The fraction of sp³-hybridized carbons (Fsp3) is 0.909. The van der Waals surface area contributed by atoms with Crippen LogP contribution in [0, 0.1) is 0 Å². The lowest BCUT2D eigenvalue weighted by Crippen LogP contribution is -2.65. The predicted molar refractivity (Wildman–Crippen MR) is 374 cm³/mol. The first-order chi connectivity index (χ1) is 44.6. The zero-order valence-corrected chi connectivity index (χ0v) is 58.6. The molecule has 0 aromatic carbocycles. The molecule has 2 saturated heterocycles. The first-order valence-electron chi connectivity index (χ1n) is 38.7. The van der Waals surface area contributed by atoms with Gasteiger partial charge < -0.3 is 65.1 Å². The Kier molecular flexibility index (Phi) is 57.9. The van der Waals surface area contributed by atoms with Gasteiger partial charge in [0, 0.05) is 6.42 Å². The van der Waals surface area contributed by atoms with Crippen LogP contribution in [0.15, 0.2) is 36.5 Å². The summed E-state index contributed by atoms with van der Waals surface area (Å²) < 4.78 is 22.9. The van der Waals surface area contributed by atoms with Gasteiger partial charge in [-0.15, -0.1) is 0 Å². The van der Waals surface area contributed by atoms with Gasteiger partial charge in [-0.25, -0.2) is 0 Å². The minimum absolute atomic E-state index is 0.234. The monoisotopic (exact) mass is 1290 g/mol. The zero-order valence-electron chi connectivity index (χ0n) is 58.6. The van der Waals surface area contributed by atoms with Gasteiger partial charge in [0.15, 0.2) is 12.6 Å². The summed E-state index contributed by atoms with van der Waals surface area (Å²) in [5.74, 6) is -0.234. The Labute approximate surface area is 557 Å². The molecule has 0 saturated carbocycles. The van der Waals surface area contributed by atoms with Crippen molar-refractivity contribution in [2.45, 2.75) is 428 Å². The van der Waals surface area contributed by atoms with Crippen LogP contribution in [0.3, 0.4) is 0 Å². The maximum Gasteiger partial charge on any atom is 0.220 e. The van der Waals surface area contributed by atoms with Crippen LogP contribution >= 0.6 is 0 Å². The molecule has 0 aliphatic carbocycles. The van der Waals surface area contributed by atoms with Crippen LogP contribution in [0.1, 0.15) is 354 Å². The molecule has 2 fully saturated rings. The van der Waals surface area contributed by atoms with Gasteiger partial charge in [0.25, 0.3) is 0 Å². The smallest absolute Gasteiger partial charge is 0.220 e. The number of nitrogens with one attached hydrogen (secondary N) is 1. The summed E-state index contributed by atoms with van der Waals surface area (Å²) in [6.07, 6.45) is 63.6. The quantitative estimate of drug-likeness (QED) is 0.0204. The Balaban J connectivity index is 1.64. The topological polar surface area (TPSA) is 228 Å². The van der Waals surface area contributed by atoms with E-state index in [1.807, 2.05) is 6.08 Å². The summed E-state index contributed by atoms with van der Waals surface area (Å²) in [6.45, 7) is 2.85. The molecule has 0 radical (unpaired) electrons. The van der Waals surface area contributed by atoms with Gasteiger partial charge in [0.1, 0.15) is 48.8 Å². The number of carbonyl (C=O) groups is 1. The Morgan fingerprint density at radius 1 is 0.396 bits per heavy atom. The average Bonchev–Trinajstić information content (AvgIpc) is 1.07. The second-order valence-electron chi connectivity index (χ2n) is 27.5. The summed E-state index contributed by atoms with van der Waals surface area (Å²) in [4.78, 5) is 13.4. The van der Waals surface area contributed by atoms with Crippen molar-refractivity contribution in [3.8, 4) is 0 Å². The van der Waals surface area contributed by atoms with Crippen molar-refractivity contribution < 1.29 is 64.6 Å². The van der Waals surface area contributed by atoms with Gasteiger partial charge in [0.05, 0.1) is 32.0 Å². The van der Waals surface area contributed by atoms with E-state index >= 15 is 0 Å². The van der Waals surface area contributed by atoms with Crippen LogP contribution in [0.5, 0.6) is 0 Å². The molecule has 2 aliphatic rings. The van der Waals surface area contributed by atoms with Crippen molar-refractivity contribution >= 4 is 5.91 Å². The Hall–Kier alpha value is -1.79. The number of allylic oxidation sites excluding steroid dienone is 5. The van der Waals surface area contributed by atoms with Crippen molar-refractivity contribution in [1.29, 1.82) is 0 Å². The lowest BCUT2D eigenvalue weighted by Gasteiger charge is -2.46. The van der Waals surface area contributed by atoms with Gasteiger partial charge in [-0.2, -0.15) is 0 Å². The van der Waals surface area contributed by atoms with E-state index in [-0.39, 0.29) is 18.9 Å². The number of aliphatic hydroxyl groups is 8. The fourth-order valence-electron chi connectivity index (χ4n) is 12.9. The second kappa shape index (κ2) is 61.8. The molecule has 0 spiro atoms. The van der Waals surface area contributed by atoms with Crippen molar-refractivity contribution in [2.24, 2.45) is 0 Å². The molecule has 1 amide bonds. The number of aliphatic hydroxyl groups excluding tert-OH is 8. The third kappa shape index (κ3) is 45.4. The maximum absolute atomic E-state index is 13.4. The first-order valence-corrected chi connectivity index (χ1v) is 38.7. The largest absolute Gasteiger partial charge is 0.394 e. The highest BCUT2D eigenvalue weighted by atomic mass is 16.7. The molecule has 12 atom stereocenters. The molecule has 2 heterocycles. The molecule has 14 heteroatoms. The summed E-state index contributed by atoms with van der Waals surface area (Å²) in [7, 11) is 0. The second-order valence-corrected chi connectivity index (χ2v) is 27.5. The highest BCUT2D eigenvalue weighted by molar-refractivity contribution is 5.76. The number of unbranched alkanes of at least 4 members (excludes halogenated alkanes) is 48. The molecular formula is C77H145NO13. The zero-order chi connectivity index (χ0) is 65.9. The molecule has 14 nitrogen and oxygen atoms in total. The lowest BCUT2D eigenvalue weighted by molar-refractivity contribution is -0.359. The van der Waals surface area contributed by atoms with E-state index < -0.39 is 86.8 Å². The number of carbonyl (C=O) groups excluding carboxylic acids is 1. The van der Waals surface area contributed by atoms with E-state index in [0.29, 0.717) is 6.42 Å². The predicted octanol–water partition coefficient (Wildman–Crippen LogP) is 16.9. The van der Waals surface area contributed by atoms with E-state index in [0.717, 1.165) is 44.9 Å². The van der Waals surface area contributed by atoms with E-state index in [2.05, 4.69) is 43.5 Å². The van der Waals surface area contributed by atoms with E-state index in [9.17, 15) is 45.6 Å². The SMILES string of the molecule is CCCCCCC/C=C\C/C=C\CCCCCCCCCCCCCCCCCC(=O)NC(COC1OC(CO)C(OC2OC(CO)C(O)C(O)C2O)C(O)C1O)C(O)/C=C/CCCCCCCCCCCCCCCCCCCCCCCCCCCCCC. The number of ether oxygens (including phenoxy) is 4. The lowest BCUT2D eigenvalue weighted by atomic mass is 9.97. The summed E-state index contributed by atoms with van der Waals surface area (Å²) in [5.41, 5.74) is 0. The number of rotatable bonds is 65. The molecule has 536 valence electrons.